The van der Waals surface area contributed by atoms with E-state index in [1.807, 2.05) is 0 Å². The third-order valence-electron chi connectivity index (χ3n) is 8.49. The molecule has 4 nitrogen and oxygen atoms in total. The van der Waals surface area contributed by atoms with E-state index >= 15 is 0 Å². The summed E-state index contributed by atoms with van der Waals surface area (Å²) < 4.78 is 36.1. The third kappa shape index (κ3) is 32.6. The molecule has 0 radical (unpaired) electrons. The SMILES string of the molecule is CCCCCCCCCCCCOS(=O)(=O)OC(CCCCCCCCCCC)CCCCCCCCCCCC. The molecule has 0 fully saturated rings. The van der Waals surface area contributed by atoms with E-state index in [9.17, 15) is 8.42 Å². The standard InChI is InChI=1S/C36H74O4S/c1-4-7-10-13-16-19-22-25-28-31-34-36(33-30-27-24-21-18-15-12-9-6-3)40-41(37,38)39-35-32-29-26-23-20-17-14-11-8-5-2/h36H,4-35H2,1-3H3. The first-order chi connectivity index (χ1) is 20.1. The van der Waals surface area contributed by atoms with Crippen molar-refractivity contribution in [1.29, 1.82) is 0 Å². The average molecular weight is 603 g/mol. The Morgan fingerprint density at radius 2 is 0.659 bits per heavy atom. The largest absolute Gasteiger partial charge is 0.400 e. The van der Waals surface area contributed by atoms with Gasteiger partial charge in [0.15, 0.2) is 0 Å². The number of unbranched alkanes of at least 4 members (excludes halogenated alkanes) is 26. The van der Waals surface area contributed by atoms with Gasteiger partial charge >= 0.3 is 10.4 Å². The van der Waals surface area contributed by atoms with Gasteiger partial charge in [0.05, 0.1) is 12.7 Å². The highest BCUT2D eigenvalue weighted by molar-refractivity contribution is 7.81. The van der Waals surface area contributed by atoms with E-state index in [0.29, 0.717) is 0 Å². The minimum atomic E-state index is -3.91. The quantitative estimate of drug-likeness (QED) is 0.0677. The summed E-state index contributed by atoms with van der Waals surface area (Å²) in [5.74, 6) is 0. The topological polar surface area (TPSA) is 52.6 Å². The number of hydrogen-bond donors (Lipinski definition) is 0. The second kappa shape index (κ2) is 32.8. The lowest BCUT2D eigenvalue weighted by Crippen LogP contribution is -2.21. The highest BCUT2D eigenvalue weighted by Crippen LogP contribution is 2.20. The smallest absolute Gasteiger partial charge is 0.248 e. The van der Waals surface area contributed by atoms with Crippen molar-refractivity contribution in [2.75, 3.05) is 6.61 Å². The maximum atomic E-state index is 12.6. The van der Waals surface area contributed by atoms with Crippen molar-refractivity contribution in [1.82, 2.24) is 0 Å². The Balaban J connectivity index is 4.20. The summed E-state index contributed by atoms with van der Waals surface area (Å²) in [4.78, 5) is 0. The van der Waals surface area contributed by atoms with Gasteiger partial charge in [-0.1, -0.05) is 201 Å². The van der Waals surface area contributed by atoms with Crippen LogP contribution in [0.1, 0.15) is 220 Å². The van der Waals surface area contributed by atoms with Gasteiger partial charge in [-0.15, -0.1) is 0 Å². The molecule has 41 heavy (non-hydrogen) atoms. The van der Waals surface area contributed by atoms with Crippen molar-refractivity contribution >= 4 is 10.4 Å². The van der Waals surface area contributed by atoms with Crippen LogP contribution in [0.15, 0.2) is 0 Å². The van der Waals surface area contributed by atoms with Crippen molar-refractivity contribution in [3.05, 3.63) is 0 Å². The molecule has 1 atom stereocenters. The van der Waals surface area contributed by atoms with E-state index < -0.39 is 10.4 Å². The van der Waals surface area contributed by atoms with Crippen LogP contribution in [0.4, 0.5) is 0 Å². The predicted octanol–water partition coefficient (Wildman–Crippen LogP) is 12.8. The second-order valence-corrected chi connectivity index (χ2v) is 14.0. The van der Waals surface area contributed by atoms with Crippen molar-refractivity contribution in [2.24, 2.45) is 0 Å². The Hall–Kier alpha value is -0.130. The Labute approximate surface area is 259 Å². The summed E-state index contributed by atoms with van der Waals surface area (Å²) in [5, 5.41) is 0. The molecule has 0 amide bonds. The van der Waals surface area contributed by atoms with E-state index in [4.69, 9.17) is 8.37 Å². The summed E-state index contributed by atoms with van der Waals surface area (Å²) in [6.45, 7) is 7.03. The summed E-state index contributed by atoms with van der Waals surface area (Å²) >= 11 is 0. The molecule has 0 spiro atoms. The molecule has 0 aromatic carbocycles. The normalized spacial score (nSPS) is 12.8. The van der Waals surface area contributed by atoms with Crippen LogP contribution in [0.2, 0.25) is 0 Å². The molecule has 0 heterocycles. The molecule has 0 aliphatic rings. The second-order valence-electron chi connectivity index (χ2n) is 12.7. The number of rotatable bonds is 35. The Bertz CT molecular complexity index is 592. The molecule has 1 unspecified atom stereocenters. The van der Waals surface area contributed by atoms with Crippen LogP contribution in [0.25, 0.3) is 0 Å². The molecule has 0 saturated heterocycles. The fourth-order valence-corrected chi connectivity index (χ4v) is 6.63. The minimum Gasteiger partial charge on any atom is -0.248 e. The van der Waals surface area contributed by atoms with Gasteiger partial charge in [-0.2, -0.15) is 8.42 Å². The van der Waals surface area contributed by atoms with Crippen LogP contribution < -0.4 is 0 Å². The molecule has 0 bridgehead atoms. The lowest BCUT2D eigenvalue weighted by atomic mass is 10.0. The summed E-state index contributed by atoms with van der Waals surface area (Å²) in [6, 6.07) is 0. The Morgan fingerprint density at radius 3 is 0.976 bits per heavy atom. The molecular formula is C36H74O4S. The first kappa shape index (κ1) is 40.9. The van der Waals surface area contributed by atoms with E-state index in [1.165, 1.54) is 154 Å². The molecule has 0 aromatic rings. The van der Waals surface area contributed by atoms with Crippen molar-refractivity contribution < 1.29 is 16.8 Å². The maximum Gasteiger partial charge on any atom is 0.400 e. The lowest BCUT2D eigenvalue weighted by Gasteiger charge is -2.17. The lowest BCUT2D eigenvalue weighted by molar-refractivity contribution is 0.136. The van der Waals surface area contributed by atoms with E-state index in [0.717, 1.165) is 44.9 Å². The molecule has 0 N–H and O–H groups in total. The molecule has 248 valence electrons. The van der Waals surface area contributed by atoms with Crippen molar-refractivity contribution in [2.45, 2.75) is 226 Å². The van der Waals surface area contributed by atoms with Crippen LogP contribution in [0, 0.1) is 0 Å². The first-order valence-electron chi connectivity index (χ1n) is 18.6. The summed E-state index contributed by atoms with van der Waals surface area (Å²) in [5.41, 5.74) is 0. The van der Waals surface area contributed by atoms with E-state index in [2.05, 4.69) is 20.8 Å². The zero-order valence-corrected chi connectivity index (χ0v) is 29.1. The molecule has 0 saturated carbocycles. The van der Waals surface area contributed by atoms with E-state index in [1.54, 1.807) is 0 Å². The molecule has 0 rings (SSSR count). The fourth-order valence-electron chi connectivity index (χ4n) is 5.73. The van der Waals surface area contributed by atoms with Gasteiger partial charge < -0.3 is 0 Å². The predicted molar refractivity (Wildman–Crippen MR) is 180 cm³/mol. The van der Waals surface area contributed by atoms with Crippen LogP contribution in [-0.2, 0) is 18.8 Å². The fraction of sp³-hybridized carbons (Fsp3) is 1.00. The molecule has 0 aliphatic heterocycles. The molecular weight excluding hydrogens is 528 g/mol. The van der Waals surface area contributed by atoms with Crippen molar-refractivity contribution in [3.63, 3.8) is 0 Å². The Morgan fingerprint density at radius 1 is 0.390 bits per heavy atom. The average Bonchev–Trinajstić information content (AvgIpc) is 2.95. The molecule has 0 aromatic heterocycles. The third-order valence-corrected chi connectivity index (χ3v) is 9.45. The van der Waals surface area contributed by atoms with Gasteiger partial charge in [0, 0.05) is 0 Å². The highest BCUT2D eigenvalue weighted by Gasteiger charge is 2.20. The Kier molecular flexibility index (Phi) is 32.7. The highest BCUT2D eigenvalue weighted by atomic mass is 32.3. The minimum absolute atomic E-state index is 0.230. The van der Waals surface area contributed by atoms with Crippen LogP contribution >= 0.6 is 0 Å². The first-order valence-corrected chi connectivity index (χ1v) is 20.0. The van der Waals surface area contributed by atoms with Gasteiger partial charge in [-0.25, -0.2) is 8.37 Å². The zero-order chi connectivity index (χ0) is 30.1. The molecule has 5 heteroatoms. The summed E-state index contributed by atoms with van der Waals surface area (Å²) in [6.07, 6.45) is 38.0. The number of hydrogen-bond acceptors (Lipinski definition) is 4. The van der Waals surface area contributed by atoms with Gasteiger partial charge in [0.1, 0.15) is 0 Å². The van der Waals surface area contributed by atoms with Gasteiger partial charge in [-0.3, -0.25) is 0 Å². The van der Waals surface area contributed by atoms with Crippen LogP contribution in [0.5, 0.6) is 0 Å². The van der Waals surface area contributed by atoms with Gasteiger partial charge in [0.2, 0.25) is 0 Å². The van der Waals surface area contributed by atoms with Gasteiger partial charge in [0.25, 0.3) is 0 Å². The maximum absolute atomic E-state index is 12.6. The van der Waals surface area contributed by atoms with Gasteiger partial charge in [-0.05, 0) is 19.3 Å². The monoisotopic (exact) mass is 603 g/mol. The zero-order valence-electron chi connectivity index (χ0n) is 28.2. The molecule has 0 aliphatic carbocycles. The van der Waals surface area contributed by atoms with Crippen LogP contribution in [-0.4, -0.2) is 21.1 Å². The van der Waals surface area contributed by atoms with Crippen LogP contribution in [0.3, 0.4) is 0 Å². The summed E-state index contributed by atoms with van der Waals surface area (Å²) in [7, 11) is -3.91. The van der Waals surface area contributed by atoms with Crippen molar-refractivity contribution in [3.8, 4) is 0 Å². The van der Waals surface area contributed by atoms with E-state index in [-0.39, 0.29) is 12.7 Å².